The quantitative estimate of drug-likeness (QED) is 0.856. The summed E-state index contributed by atoms with van der Waals surface area (Å²) in [5.41, 5.74) is 0.222. The van der Waals surface area contributed by atoms with Crippen molar-refractivity contribution in [3.05, 3.63) is 27.3 Å². The number of hydrogen-bond donors (Lipinski definition) is 1. The highest BCUT2D eigenvalue weighted by atomic mass is 35.5. The smallest absolute Gasteiger partial charge is 0.369 e. The molecule has 0 radical (unpaired) electrons. The maximum absolute atomic E-state index is 12.5. The fourth-order valence-corrected chi connectivity index (χ4v) is 2.82. The van der Waals surface area contributed by atoms with Gasteiger partial charge in [-0.1, -0.05) is 23.2 Å². The number of pyridine rings is 1. The number of nitrogens with zero attached hydrogens (tertiary/aromatic N) is 2. The SMILES string of the molecule is CCNc1nc(-c2cnc(C(F)(F)F)s2)c(Cl)cc1Cl. The van der Waals surface area contributed by atoms with Crippen LogP contribution in [0, 0.1) is 0 Å². The Morgan fingerprint density at radius 2 is 2.00 bits per heavy atom. The predicted molar refractivity (Wildman–Crippen MR) is 74.5 cm³/mol. The van der Waals surface area contributed by atoms with E-state index >= 15 is 0 Å². The maximum Gasteiger partial charge on any atom is 0.443 e. The van der Waals surface area contributed by atoms with E-state index < -0.39 is 11.2 Å². The Kier molecular flexibility index (Phi) is 4.41. The summed E-state index contributed by atoms with van der Waals surface area (Å²) in [7, 11) is 0. The second kappa shape index (κ2) is 5.75. The summed E-state index contributed by atoms with van der Waals surface area (Å²) in [5.74, 6) is 0.371. The Morgan fingerprint density at radius 3 is 2.55 bits per heavy atom. The summed E-state index contributed by atoms with van der Waals surface area (Å²) in [6.45, 7) is 2.42. The van der Waals surface area contributed by atoms with Gasteiger partial charge in [0.1, 0.15) is 11.5 Å². The fourth-order valence-electron chi connectivity index (χ4n) is 1.45. The molecule has 2 aromatic rings. The molecule has 0 aliphatic heterocycles. The molecule has 0 unspecified atom stereocenters. The average Bonchev–Trinajstić information content (AvgIpc) is 2.81. The zero-order valence-electron chi connectivity index (χ0n) is 10.1. The Labute approximate surface area is 126 Å². The van der Waals surface area contributed by atoms with E-state index in [4.69, 9.17) is 23.2 Å². The van der Waals surface area contributed by atoms with Crippen molar-refractivity contribution in [1.82, 2.24) is 9.97 Å². The van der Waals surface area contributed by atoms with E-state index in [1.807, 2.05) is 6.92 Å². The number of halogens is 5. The third kappa shape index (κ3) is 3.16. The highest BCUT2D eigenvalue weighted by Gasteiger charge is 2.35. The third-order valence-corrected chi connectivity index (χ3v) is 3.88. The largest absolute Gasteiger partial charge is 0.443 e. The number of alkyl halides is 3. The van der Waals surface area contributed by atoms with Crippen molar-refractivity contribution in [3.63, 3.8) is 0 Å². The first-order valence-corrected chi connectivity index (χ1v) is 7.03. The normalized spacial score (nSPS) is 11.7. The monoisotopic (exact) mass is 341 g/mol. The van der Waals surface area contributed by atoms with Gasteiger partial charge in [0, 0.05) is 12.7 Å². The zero-order valence-corrected chi connectivity index (χ0v) is 12.4. The third-order valence-electron chi connectivity index (χ3n) is 2.26. The Balaban J connectivity index is 2.47. The molecule has 20 heavy (non-hydrogen) atoms. The lowest BCUT2D eigenvalue weighted by Crippen LogP contribution is -2.02. The number of thiazole rings is 1. The molecule has 0 saturated carbocycles. The first-order chi connectivity index (χ1) is 9.32. The van der Waals surface area contributed by atoms with Gasteiger partial charge in [-0.05, 0) is 13.0 Å². The number of rotatable bonds is 3. The topological polar surface area (TPSA) is 37.8 Å². The molecule has 0 bridgehead atoms. The van der Waals surface area contributed by atoms with Crippen LogP contribution in [0.2, 0.25) is 10.0 Å². The molecule has 0 spiro atoms. The second-order valence-corrected chi connectivity index (χ2v) is 5.55. The van der Waals surface area contributed by atoms with Gasteiger partial charge in [-0.3, -0.25) is 0 Å². The Morgan fingerprint density at radius 1 is 1.30 bits per heavy atom. The van der Waals surface area contributed by atoms with Gasteiger partial charge >= 0.3 is 6.18 Å². The average molecular weight is 342 g/mol. The molecule has 0 saturated heterocycles. The molecule has 2 rings (SSSR count). The summed E-state index contributed by atoms with van der Waals surface area (Å²) in [5, 5.41) is 2.45. The molecule has 9 heteroatoms. The predicted octanol–water partition coefficient (Wildman–Crippen LogP) is 4.96. The Bertz CT molecular complexity index is 628. The number of hydrogen-bond acceptors (Lipinski definition) is 4. The van der Waals surface area contributed by atoms with Gasteiger partial charge in [-0.2, -0.15) is 13.2 Å². The molecule has 108 valence electrons. The van der Waals surface area contributed by atoms with Gasteiger partial charge in [-0.15, -0.1) is 11.3 Å². The van der Waals surface area contributed by atoms with Crippen molar-refractivity contribution < 1.29 is 13.2 Å². The van der Waals surface area contributed by atoms with E-state index in [-0.39, 0.29) is 15.6 Å². The standard InChI is InChI=1S/C11H8Cl2F3N3S/c1-2-17-9-6(13)3-5(12)8(19-9)7-4-18-10(20-7)11(14,15)16/h3-4H,2H2,1H3,(H,17,19). The molecule has 3 nitrogen and oxygen atoms in total. The molecule has 1 N–H and O–H groups in total. The first-order valence-electron chi connectivity index (χ1n) is 5.46. The zero-order chi connectivity index (χ0) is 14.9. The number of nitrogens with one attached hydrogen (secondary N) is 1. The van der Waals surface area contributed by atoms with Gasteiger partial charge in [-0.25, -0.2) is 9.97 Å². The van der Waals surface area contributed by atoms with E-state index in [1.165, 1.54) is 6.07 Å². The molecule has 0 atom stereocenters. The lowest BCUT2D eigenvalue weighted by Gasteiger charge is -2.08. The van der Waals surface area contributed by atoms with Crippen molar-refractivity contribution in [1.29, 1.82) is 0 Å². The van der Waals surface area contributed by atoms with Crippen LogP contribution in [0.4, 0.5) is 19.0 Å². The molecular formula is C11H8Cl2F3N3S. The summed E-state index contributed by atoms with van der Waals surface area (Å²) >= 11 is 12.4. The van der Waals surface area contributed by atoms with Crippen molar-refractivity contribution in [3.8, 4) is 10.6 Å². The van der Waals surface area contributed by atoms with Crippen molar-refractivity contribution >= 4 is 40.4 Å². The van der Waals surface area contributed by atoms with Gasteiger partial charge in [0.15, 0.2) is 5.01 Å². The number of aromatic nitrogens is 2. The highest BCUT2D eigenvalue weighted by molar-refractivity contribution is 7.15. The lowest BCUT2D eigenvalue weighted by molar-refractivity contribution is -0.137. The lowest BCUT2D eigenvalue weighted by atomic mass is 10.3. The molecule has 0 aliphatic rings. The van der Waals surface area contributed by atoms with Crippen LogP contribution in [0.1, 0.15) is 11.9 Å². The van der Waals surface area contributed by atoms with Crippen LogP contribution in [0.25, 0.3) is 10.6 Å². The molecule has 0 aliphatic carbocycles. The van der Waals surface area contributed by atoms with Gasteiger partial charge in [0.25, 0.3) is 0 Å². The van der Waals surface area contributed by atoms with Crippen molar-refractivity contribution in [2.45, 2.75) is 13.1 Å². The number of anilines is 1. The molecule has 0 aromatic carbocycles. The van der Waals surface area contributed by atoms with Gasteiger partial charge in [0.05, 0.1) is 14.9 Å². The molecule has 2 heterocycles. The van der Waals surface area contributed by atoms with Crippen LogP contribution >= 0.6 is 34.5 Å². The molecular weight excluding hydrogens is 334 g/mol. The highest BCUT2D eigenvalue weighted by Crippen LogP contribution is 2.39. The van der Waals surface area contributed by atoms with Crippen molar-refractivity contribution in [2.24, 2.45) is 0 Å². The second-order valence-electron chi connectivity index (χ2n) is 3.71. The molecule has 0 amide bonds. The maximum atomic E-state index is 12.5. The van der Waals surface area contributed by atoms with E-state index in [0.29, 0.717) is 28.7 Å². The minimum absolute atomic E-state index is 0.175. The van der Waals surface area contributed by atoms with E-state index in [1.54, 1.807) is 0 Å². The van der Waals surface area contributed by atoms with Crippen LogP contribution < -0.4 is 5.32 Å². The first kappa shape index (κ1) is 15.3. The summed E-state index contributed by atoms with van der Waals surface area (Å²) in [6.07, 6.45) is -3.38. The summed E-state index contributed by atoms with van der Waals surface area (Å²) in [6, 6.07) is 1.44. The van der Waals surface area contributed by atoms with Crippen LogP contribution in [0.3, 0.4) is 0 Å². The van der Waals surface area contributed by atoms with Gasteiger partial charge in [0.2, 0.25) is 0 Å². The molecule has 2 aromatic heterocycles. The van der Waals surface area contributed by atoms with E-state index in [9.17, 15) is 13.2 Å². The molecule has 0 fully saturated rings. The van der Waals surface area contributed by atoms with Crippen LogP contribution in [-0.4, -0.2) is 16.5 Å². The summed E-state index contributed by atoms with van der Waals surface area (Å²) in [4.78, 5) is 7.73. The van der Waals surface area contributed by atoms with Crippen molar-refractivity contribution in [2.75, 3.05) is 11.9 Å². The minimum atomic E-state index is -4.48. The fraction of sp³-hybridized carbons (Fsp3) is 0.273. The van der Waals surface area contributed by atoms with Crippen LogP contribution in [0.15, 0.2) is 12.3 Å². The summed E-state index contributed by atoms with van der Waals surface area (Å²) < 4.78 is 37.6. The minimum Gasteiger partial charge on any atom is -0.369 e. The van der Waals surface area contributed by atoms with E-state index in [0.717, 1.165) is 6.20 Å². The Hall–Kier alpha value is -1.05. The van der Waals surface area contributed by atoms with Crippen LogP contribution in [-0.2, 0) is 6.18 Å². The van der Waals surface area contributed by atoms with Crippen LogP contribution in [0.5, 0.6) is 0 Å². The van der Waals surface area contributed by atoms with Gasteiger partial charge < -0.3 is 5.32 Å². The van der Waals surface area contributed by atoms with E-state index in [2.05, 4.69) is 15.3 Å².